The summed E-state index contributed by atoms with van der Waals surface area (Å²) in [5.74, 6) is -0.238. The van der Waals surface area contributed by atoms with E-state index in [0.717, 1.165) is 19.3 Å². The Bertz CT molecular complexity index is 230. The fraction of sp³-hybridized carbons (Fsp3) is 0.929. The van der Waals surface area contributed by atoms with Gasteiger partial charge in [0, 0.05) is 20.0 Å². The number of hydrogen-bond donors (Lipinski definition) is 0. The van der Waals surface area contributed by atoms with Crippen molar-refractivity contribution >= 4 is 5.97 Å². The maximum atomic E-state index is 10.7. The van der Waals surface area contributed by atoms with E-state index in [2.05, 4.69) is 20.8 Å². The van der Waals surface area contributed by atoms with Gasteiger partial charge >= 0.3 is 5.97 Å². The summed E-state index contributed by atoms with van der Waals surface area (Å²) in [6, 6.07) is 0. The first-order chi connectivity index (χ1) is 8.47. The van der Waals surface area contributed by atoms with Crippen LogP contribution in [0.5, 0.6) is 0 Å². The summed E-state index contributed by atoms with van der Waals surface area (Å²) in [5, 5.41) is 0. The van der Waals surface area contributed by atoms with Gasteiger partial charge in [0.25, 0.3) is 0 Å². The van der Waals surface area contributed by atoms with E-state index < -0.39 is 0 Å². The predicted molar refractivity (Wildman–Crippen MR) is 71.6 cm³/mol. The Hall–Kier alpha value is -0.610. The second kappa shape index (κ2) is 9.34. The van der Waals surface area contributed by atoms with Gasteiger partial charge in [0.1, 0.15) is 0 Å². The highest BCUT2D eigenvalue weighted by Gasteiger charge is 2.24. The summed E-state index contributed by atoms with van der Waals surface area (Å²) in [5.41, 5.74) is -0.219. The summed E-state index contributed by atoms with van der Waals surface area (Å²) in [6.45, 7) is 11.3. The number of ether oxygens (including phenoxy) is 3. The first-order valence-corrected chi connectivity index (χ1v) is 6.86. The third kappa shape index (κ3) is 7.67. The smallest absolute Gasteiger partial charge is 0.302 e. The van der Waals surface area contributed by atoms with Gasteiger partial charge in [-0.25, -0.2) is 0 Å². The summed E-state index contributed by atoms with van der Waals surface area (Å²) in [7, 11) is 0. The molecule has 0 radical (unpaired) electrons. The second-order valence-electron chi connectivity index (χ2n) is 4.71. The quantitative estimate of drug-likeness (QED) is 0.566. The zero-order valence-electron chi connectivity index (χ0n) is 12.5. The van der Waals surface area contributed by atoms with Crippen LogP contribution in [0.3, 0.4) is 0 Å². The van der Waals surface area contributed by atoms with E-state index in [1.54, 1.807) is 0 Å². The number of carbonyl (C=O) groups excluding carboxylic acids is 1. The van der Waals surface area contributed by atoms with Crippen molar-refractivity contribution in [3.63, 3.8) is 0 Å². The number of rotatable bonds is 10. The number of carbonyl (C=O) groups is 1. The predicted octanol–water partition coefficient (Wildman–Crippen LogP) is 2.94. The second-order valence-corrected chi connectivity index (χ2v) is 4.71. The molecule has 0 saturated carbocycles. The van der Waals surface area contributed by atoms with Gasteiger partial charge in [-0.2, -0.15) is 0 Å². The molecule has 4 heteroatoms. The van der Waals surface area contributed by atoms with Gasteiger partial charge in [0.05, 0.1) is 24.9 Å². The van der Waals surface area contributed by atoms with Crippen LogP contribution in [-0.2, 0) is 19.0 Å². The molecule has 0 aromatic heterocycles. The van der Waals surface area contributed by atoms with E-state index in [1.165, 1.54) is 6.92 Å². The molecule has 0 rings (SSSR count). The van der Waals surface area contributed by atoms with Crippen LogP contribution in [-0.4, -0.2) is 37.5 Å². The molecule has 108 valence electrons. The van der Waals surface area contributed by atoms with E-state index in [-0.39, 0.29) is 17.7 Å². The van der Waals surface area contributed by atoms with Gasteiger partial charge in [0.2, 0.25) is 0 Å². The highest BCUT2D eigenvalue weighted by molar-refractivity contribution is 5.65. The average Bonchev–Trinajstić information content (AvgIpc) is 2.33. The lowest BCUT2D eigenvalue weighted by Gasteiger charge is -2.30. The van der Waals surface area contributed by atoms with Crippen LogP contribution in [0, 0.1) is 0 Å². The Morgan fingerprint density at radius 2 is 1.94 bits per heavy atom. The van der Waals surface area contributed by atoms with Gasteiger partial charge in [-0.1, -0.05) is 13.8 Å². The normalized spacial score (nSPS) is 16.1. The Labute approximate surface area is 111 Å². The van der Waals surface area contributed by atoms with Crippen LogP contribution >= 0.6 is 0 Å². The molecule has 0 amide bonds. The van der Waals surface area contributed by atoms with Crippen molar-refractivity contribution in [1.82, 2.24) is 0 Å². The molecule has 0 saturated heterocycles. The zero-order valence-corrected chi connectivity index (χ0v) is 12.5. The molecule has 0 aliphatic carbocycles. The van der Waals surface area contributed by atoms with Crippen molar-refractivity contribution in [2.24, 2.45) is 0 Å². The van der Waals surface area contributed by atoms with Gasteiger partial charge in [-0.15, -0.1) is 0 Å². The van der Waals surface area contributed by atoms with E-state index >= 15 is 0 Å². The number of hydrogen-bond acceptors (Lipinski definition) is 4. The minimum atomic E-state index is -0.238. The molecule has 0 bridgehead atoms. The highest BCUT2D eigenvalue weighted by atomic mass is 16.6. The first kappa shape index (κ1) is 17.4. The standard InChI is InChI=1S/C14H28O4/c1-6-13(9-10-16-12(4)15)17-11-14(5,7-2)18-8-3/h13H,6-11H2,1-5H3. The van der Waals surface area contributed by atoms with Gasteiger partial charge in [0.15, 0.2) is 0 Å². The highest BCUT2D eigenvalue weighted by Crippen LogP contribution is 2.17. The average molecular weight is 260 g/mol. The van der Waals surface area contributed by atoms with Crippen molar-refractivity contribution in [3.8, 4) is 0 Å². The molecule has 4 nitrogen and oxygen atoms in total. The molecule has 0 spiro atoms. The van der Waals surface area contributed by atoms with Crippen LogP contribution < -0.4 is 0 Å². The molecule has 0 aromatic rings. The lowest BCUT2D eigenvalue weighted by atomic mass is 10.0. The summed E-state index contributed by atoms with van der Waals surface area (Å²) in [4.78, 5) is 10.7. The van der Waals surface area contributed by atoms with Gasteiger partial charge in [-0.3, -0.25) is 4.79 Å². The van der Waals surface area contributed by atoms with Crippen LogP contribution in [0.1, 0.15) is 53.9 Å². The maximum absolute atomic E-state index is 10.7. The van der Waals surface area contributed by atoms with E-state index in [1.807, 2.05) is 6.92 Å². The molecule has 0 heterocycles. The van der Waals surface area contributed by atoms with Crippen LogP contribution in [0.25, 0.3) is 0 Å². The van der Waals surface area contributed by atoms with Crippen molar-refractivity contribution in [2.75, 3.05) is 19.8 Å². The molecule has 0 aliphatic rings. The molecule has 2 unspecified atom stereocenters. The minimum Gasteiger partial charge on any atom is -0.466 e. The number of esters is 1. The van der Waals surface area contributed by atoms with Crippen molar-refractivity contribution in [3.05, 3.63) is 0 Å². The van der Waals surface area contributed by atoms with E-state index in [4.69, 9.17) is 14.2 Å². The maximum Gasteiger partial charge on any atom is 0.302 e. The minimum absolute atomic E-state index is 0.121. The van der Waals surface area contributed by atoms with Gasteiger partial charge in [-0.05, 0) is 26.7 Å². The summed E-state index contributed by atoms with van der Waals surface area (Å²) in [6.07, 6.45) is 2.69. The first-order valence-electron chi connectivity index (χ1n) is 6.86. The molecule has 2 atom stereocenters. The topological polar surface area (TPSA) is 44.8 Å². The molecule has 0 aromatic carbocycles. The molecular formula is C14H28O4. The monoisotopic (exact) mass is 260 g/mol. The van der Waals surface area contributed by atoms with Gasteiger partial charge < -0.3 is 14.2 Å². The fourth-order valence-electron chi connectivity index (χ4n) is 1.63. The van der Waals surface area contributed by atoms with Crippen LogP contribution in [0.4, 0.5) is 0 Å². The van der Waals surface area contributed by atoms with Crippen LogP contribution in [0.2, 0.25) is 0 Å². The molecule has 0 aliphatic heterocycles. The van der Waals surface area contributed by atoms with E-state index in [0.29, 0.717) is 19.8 Å². The Kier molecular flexibility index (Phi) is 9.02. The van der Waals surface area contributed by atoms with Crippen LogP contribution in [0.15, 0.2) is 0 Å². The lowest BCUT2D eigenvalue weighted by Crippen LogP contribution is -2.36. The fourth-order valence-corrected chi connectivity index (χ4v) is 1.63. The molecular weight excluding hydrogens is 232 g/mol. The third-order valence-corrected chi connectivity index (χ3v) is 3.07. The summed E-state index contributed by atoms with van der Waals surface area (Å²) < 4.78 is 16.5. The Morgan fingerprint density at radius 1 is 1.28 bits per heavy atom. The zero-order chi connectivity index (χ0) is 14.0. The lowest BCUT2D eigenvalue weighted by molar-refractivity contribution is -0.143. The van der Waals surface area contributed by atoms with Crippen molar-refractivity contribution in [2.45, 2.75) is 65.6 Å². The molecule has 18 heavy (non-hydrogen) atoms. The van der Waals surface area contributed by atoms with Crippen molar-refractivity contribution in [1.29, 1.82) is 0 Å². The Balaban J connectivity index is 4.00. The van der Waals surface area contributed by atoms with Crippen molar-refractivity contribution < 1.29 is 19.0 Å². The van der Waals surface area contributed by atoms with E-state index in [9.17, 15) is 4.79 Å². The third-order valence-electron chi connectivity index (χ3n) is 3.07. The molecule has 0 fully saturated rings. The molecule has 0 N–H and O–H groups in total. The largest absolute Gasteiger partial charge is 0.466 e. The SMILES string of the molecule is CCOC(C)(CC)COC(CC)CCOC(C)=O. The Morgan fingerprint density at radius 3 is 2.39 bits per heavy atom. The summed E-state index contributed by atoms with van der Waals surface area (Å²) >= 11 is 0.